The molecular formula is C32H33N3O6. The summed E-state index contributed by atoms with van der Waals surface area (Å²) in [7, 11) is 0. The van der Waals surface area contributed by atoms with E-state index in [-0.39, 0.29) is 12.3 Å². The van der Waals surface area contributed by atoms with Crippen LogP contribution in [0.15, 0.2) is 84.9 Å². The van der Waals surface area contributed by atoms with Crippen LogP contribution in [0.2, 0.25) is 0 Å². The van der Waals surface area contributed by atoms with Crippen LogP contribution in [0, 0.1) is 17.8 Å². The van der Waals surface area contributed by atoms with Gasteiger partial charge in [0.15, 0.2) is 5.78 Å². The van der Waals surface area contributed by atoms with Crippen molar-refractivity contribution in [1.29, 1.82) is 0 Å². The van der Waals surface area contributed by atoms with Crippen molar-refractivity contribution in [1.82, 2.24) is 16.0 Å². The normalized spacial score (nSPS) is 17.9. The molecule has 0 saturated carbocycles. The van der Waals surface area contributed by atoms with Crippen molar-refractivity contribution in [3.8, 4) is 11.5 Å². The fourth-order valence-electron chi connectivity index (χ4n) is 4.75. The standard InChI is InChI=1S/C32H33N3O6/c1-19(2)28(29(37)27-20(3)30(38)35-32(27)40)34-26(36)18-25(21-11-6-4-7-12-21)33-31(39)22-13-10-16-24(17-22)41-23-14-8-5-9-15-23/h4-17,19-20,25,27-28H,18H2,1-3H3,(H,33,39)(H,34,36)(H,35,38,40)/t20-,25-,27+,28-/m0/s1. The van der Waals surface area contributed by atoms with Gasteiger partial charge in [0.2, 0.25) is 17.7 Å². The van der Waals surface area contributed by atoms with Crippen molar-refractivity contribution < 1.29 is 28.7 Å². The smallest absolute Gasteiger partial charge is 0.251 e. The van der Waals surface area contributed by atoms with Crippen LogP contribution in [0.25, 0.3) is 0 Å². The van der Waals surface area contributed by atoms with E-state index in [2.05, 4.69) is 16.0 Å². The summed E-state index contributed by atoms with van der Waals surface area (Å²) in [5, 5.41) is 7.86. The van der Waals surface area contributed by atoms with Crippen LogP contribution in [-0.2, 0) is 19.2 Å². The highest BCUT2D eigenvalue weighted by Crippen LogP contribution is 2.25. The maximum absolute atomic E-state index is 13.3. The zero-order chi connectivity index (χ0) is 29.5. The van der Waals surface area contributed by atoms with Gasteiger partial charge in [0.05, 0.1) is 24.4 Å². The SMILES string of the molecule is CC(C)[C@H](NC(=O)C[C@H](NC(=O)c1cccc(Oc2ccccc2)c1)c1ccccc1)C(=O)[C@@H]1C(=O)NC(=O)[C@H]1C. The third-order valence-electron chi connectivity index (χ3n) is 7.01. The summed E-state index contributed by atoms with van der Waals surface area (Å²) < 4.78 is 5.85. The number of ether oxygens (including phenoxy) is 1. The topological polar surface area (TPSA) is 131 Å². The van der Waals surface area contributed by atoms with Crippen molar-refractivity contribution in [2.75, 3.05) is 0 Å². The van der Waals surface area contributed by atoms with Crippen LogP contribution in [0.1, 0.15) is 49.2 Å². The van der Waals surface area contributed by atoms with Gasteiger partial charge in [-0.25, -0.2) is 0 Å². The maximum Gasteiger partial charge on any atom is 0.251 e. The van der Waals surface area contributed by atoms with Gasteiger partial charge in [-0.05, 0) is 41.8 Å². The van der Waals surface area contributed by atoms with Gasteiger partial charge in [-0.2, -0.15) is 0 Å². The van der Waals surface area contributed by atoms with E-state index in [0.29, 0.717) is 22.6 Å². The molecule has 1 saturated heterocycles. The number of hydrogen-bond acceptors (Lipinski definition) is 6. The second kappa shape index (κ2) is 13.0. The van der Waals surface area contributed by atoms with Crippen LogP contribution in [0.5, 0.6) is 11.5 Å². The average molecular weight is 556 g/mol. The number of hydrogen-bond donors (Lipinski definition) is 3. The average Bonchev–Trinajstić information content (AvgIpc) is 3.22. The van der Waals surface area contributed by atoms with Crippen molar-refractivity contribution in [2.24, 2.45) is 17.8 Å². The van der Waals surface area contributed by atoms with E-state index in [0.717, 1.165) is 0 Å². The van der Waals surface area contributed by atoms with Gasteiger partial charge in [-0.3, -0.25) is 29.3 Å². The molecule has 0 bridgehead atoms. The molecule has 9 heteroatoms. The molecule has 4 atom stereocenters. The first-order chi connectivity index (χ1) is 19.6. The summed E-state index contributed by atoms with van der Waals surface area (Å²) in [6.45, 7) is 5.02. The van der Waals surface area contributed by atoms with E-state index in [1.54, 1.807) is 62.4 Å². The summed E-state index contributed by atoms with van der Waals surface area (Å²) in [5.74, 6) is -3.75. The minimum atomic E-state index is -1.16. The van der Waals surface area contributed by atoms with Crippen molar-refractivity contribution >= 4 is 29.4 Å². The van der Waals surface area contributed by atoms with Crippen LogP contribution in [0.4, 0.5) is 0 Å². The Labute approximate surface area is 238 Å². The highest BCUT2D eigenvalue weighted by atomic mass is 16.5. The van der Waals surface area contributed by atoms with E-state index >= 15 is 0 Å². The molecule has 212 valence electrons. The van der Waals surface area contributed by atoms with E-state index in [1.165, 1.54) is 6.92 Å². The second-order valence-corrected chi connectivity index (χ2v) is 10.4. The first-order valence-corrected chi connectivity index (χ1v) is 13.5. The highest BCUT2D eigenvalue weighted by Gasteiger charge is 2.46. The number of carbonyl (C=O) groups excluding carboxylic acids is 5. The minimum Gasteiger partial charge on any atom is -0.457 e. The summed E-state index contributed by atoms with van der Waals surface area (Å²) in [6.07, 6.45) is -0.155. The van der Waals surface area contributed by atoms with Gasteiger partial charge >= 0.3 is 0 Å². The van der Waals surface area contributed by atoms with Crippen LogP contribution in [-0.4, -0.2) is 35.5 Å². The molecule has 1 heterocycles. The van der Waals surface area contributed by atoms with Gasteiger partial charge < -0.3 is 15.4 Å². The van der Waals surface area contributed by atoms with E-state index < -0.39 is 53.3 Å². The Balaban J connectivity index is 1.49. The molecule has 1 fully saturated rings. The van der Waals surface area contributed by atoms with Gasteiger partial charge in [-0.15, -0.1) is 0 Å². The number of Topliss-reactive ketones (excluding diaryl/α,β-unsaturated/α-hetero) is 1. The summed E-state index contributed by atoms with van der Waals surface area (Å²) in [6, 6.07) is 23.3. The molecular weight excluding hydrogens is 522 g/mol. The van der Waals surface area contributed by atoms with Gasteiger partial charge in [0.1, 0.15) is 17.4 Å². The fourth-order valence-corrected chi connectivity index (χ4v) is 4.75. The summed E-state index contributed by atoms with van der Waals surface area (Å²) in [4.78, 5) is 64.0. The van der Waals surface area contributed by atoms with Gasteiger partial charge in [-0.1, -0.05) is 75.4 Å². The lowest BCUT2D eigenvalue weighted by molar-refractivity contribution is -0.137. The lowest BCUT2D eigenvalue weighted by Crippen LogP contribution is -2.49. The molecule has 0 unspecified atom stereocenters. The molecule has 3 N–H and O–H groups in total. The number of benzene rings is 3. The lowest BCUT2D eigenvalue weighted by Gasteiger charge is -2.26. The molecule has 4 amide bonds. The second-order valence-electron chi connectivity index (χ2n) is 10.4. The number of nitrogens with one attached hydrogen (secondary N) is 3. The molecule has 9 nitrogen and oxygen atoms in total. The molecule has 0 spiro atoms. The lowest BCUT2D eigenvalue weighted by atomic mass is 9.85. The first kappa shape index (κ1) is 29.2. The number of imide groups is 1. The zero-order valence-corrected chi connectivity index (χ0v) is 23.1. The van der Waals surface area contributed by atoms with Crippen molar-refractivity contribution in [3.05, 3.63) is 96.1 Å². The van der Waals surface area contributed by atoms with Crippen LogP contribution in [0.3, 0.4) is 0 Å². The molecule has 0 radical (unpaired) electrons. The molecule has 1 aliphatic heterocycles. The molecule has 4 rings (SSSR count). The Hall–Kier alpha value is -4.79. The fraction of sp³-hybridized carbons (Fsp3) is 0.281. The summed E-state index contributed by atoms with van der Waals surface area (Å²) >= 11 is 0. The van der Waals surface area contributed by atoms with E-state index in [9.17, 15) is 24.0 Å². The van der Waals surface area contributed by atoms with Gasteiger partial charge in [0, 0.05) is 5.56 Å². The number of carbonyl (C=O) groups is 5. The Kier molecular flexibility index (Phi) is 9.29. The molecule has 0 aliphatic carbocycles. The highest BCUT2D eigenvalue weighted by molar-refractivity contribution is 6.16. The number of ketones is 1. The minimum absolute atomic E-state index is 0.155. The van der Waals surface area contributed by atoms with Crippen LogP contribution < -0.4 is 20.7 Å². The molecule has 41 heavy (non-hydrogen) atoms. The number of amides is 4. The Morgan fingerprint density at radius 3 is 2.07 bits per heavy atom. The Morgan fingerprint density at radius 1 is 0.829 bits per heavy atom. The quantitative estimate of drug-likeness (QED) is 0.243. The van der Waals surface area contributed by atoms with Crippen molar-refractivity contribution in [2.45, 2.75) is 39.3 Å². The zero-order valence-electron chi connectivity index (χ0n) is 23.1. The Bertz CT molecular complexity index is 1420. The van der Waals surface area contributed by atoms with Crippen molar-refractivity contribution in [3.63, 3.8) is 0 Å². The largest absolute Gasteiger partial charge is 0.457 e. The number of para-hydroxylation sites is 1. The van der Waals surface area contributed by atoms with E-state index in [1.807, 2.05) is 36.4 Å². The Morgan fingerprint density at radius 2 is 1.46 bits per heavy atom. The predicted octanol–water partition coefficient (Wildman–Crippen LogP) is 3.96. The third-order valence-corrected chi connectivity index (χ3v) is 7.01. The van der Waals surface area contributed by atoms with Crippen LogP contribution >= 0.6 is 0 Å². The summed E-state index contributed by atoms with van der Waals surface area (Å²) in [5.41, 5.74) is 1.05. The molecule has 0 aromatic heterocycles. The first-order valence-electron chi connectivity index (χ1n) is 13.5. The van der Waals surface area contributed by atoms with Gasteiger partial charge in [0.25, 0.3) is 5.91 Å². The van der Waals surface area contributed by atoms with E-state index in [4.69, 9.17) is 4.74 Å². The number of rotatable bonds is 11. The third kappa shape index (κ3) is 7.25. The molecule has 3 aromatic carbocycles. The molecule has 1 aliphatic rings. The molecule has 3 aromatic rings. The predicted molar refractivity (Wildman–Crippen MR) is 152 cm³/mol. The maximum atomic E-state index is 13.3. The monoisotopic (exact) mass is 555 g/mol.